The molecule has 0 aromatic heterocycles. The van der Waals surface area contributed by atoms with Crippen LogP contribution in [0.4, 0.5) is 0 Å². The van der Waals surface area contributed by atoms with E-state index in [1.165, 1.54) is 5.56 Å². The van der Waals surface area contributed by atoms with E-state index in [1.54, 1.807) is 14.0 Å². The standard InChI is InChI=1S/C18H22O3/c1-13-4-9-18(20-3)16(10-13)12-21-17-7-5-15(6-8-17)11-14(2)19/h4-10,14,19H,11-12H2,1-3H3. The van der Waals surface area contributed by atoms with E-state index in [9.17, 15) is 5.11 Å². The number of aliphatic hydroxyl groups is 1. The molecule has 2 aromatic carbocycles. The van der Waals surface area contributed by atoms with E-state index in [0.29, 0.717) is 13.0 Å². The van der Waals surface area contributed by atoms with Crippen molar-refractivity contribution >= 4 is 0 Å². The minimum atomic E-state index is -0.326. The highest BCUT2D eigenvalue weighted by Gasteiger charge is 2.05. The van der Waals surface area contributed by atoms with Gasteiger partial charge in [-0.15, -0.1) is 0 Å². The minimum absolute atomic E-state index is 0.326. The first kappa shape index (κ1) is 15.4. The SMILES string of the molecule is COc1ccc(C)cc1COc1ccc(CC(C)O)cc1. The Morgan fingerprint density at radius 1 is 1.10 bits per heavy atom. The molecule has 0 aliphatic rings. The van der Waals surface area contributed by atoms with Crippen LogP contribution in [0.15, 0.2) is 42.5 Å². The van der Waals surface area contributed by atoms with Gasteiger partial charge in [-0.2, -0.15) is 0 Å². The van der Waals surface area contributed by atoms with Gasteiger partial charge < -0.3 is 14.6 Å². The predicted molar refractivity (Wildman–Crippen MR) is 83.9 cm³/mol. The number of hydrogen-bond acceptors (Lipinski definition) is 3. The molecule has 0 spiro atoms. The van der Waals surface area contributed by atoms with Crippen molar-refractivity contribution in [3.05, 3.63) is 59.2 Å². The fourth-order valence-electron chi connectivity index (χ4n) is 2.24. The molecule has 2 aromatic rings. The van der Waals surface area contributed by atoms with Crippen LogP contribution in [-0.4, -0.2) is 18.3 Å². The van der Waals surface area contributed by atoms with Gasteiger partial charge in [0.2, 0.25) is 0 Å². The fourth-order valence-corrected chi connectivity index (χ4v) is 2.24. The van der Waals surface area contributed by atoms with Crippen molar-refractivity contribution in [3.8, 4) is 11.5 Å². The Morgan fingerprint density at radius 3 is 2.43 bits per heavy atom. The lowest BCUT2D eigenvalue weighted by atomic mass is 10.1. The molecule has 1 N–H and O–H groups in total. The van der Waals surface area contributed by atoms with Gasteiger partial charge in [0.15, 0.2) is 0 Å². The molecule has 2 rings (SSSR count). The number of ether oxygens (including phenoxy) is 2. The predicted octanol–water partition coefficient (Wildman–Crippen LogP) is 3.51. The average molecular weight is 286 g/mol. The Kier molecular flexibility index (Phi) is 5.23. The van der Waals surface area contributed by atoms with E-state index in [1.807, 2.05) is 43.3 Å². The van der Waals surface area contributed by atoms with Crippen LogP contribution < -0.4 is 9.47 Å². The van der Waals surface area contributed by atoms with E-state index in [-0.39, 0.29) is 6.10 Å². The second-order valence-corrected chi connectivity index (χ2v) is 5.30. The Labute approximate surface area is 126 Å². The zero-order valence-electron chi connectivity index (χ0n) is 12.8. The zero-order chi connectivity index (χ0) is 15.2. The third-order valence-electron chi connectivity index (χ3n) is 3.28. The molecule has 3 heteroatoms. The van der Waals surface area contributed by atoms with Gasteiger partial charge in [-0.3, -0.25) is 0 Å². The second-order valence-electron chi connectivity index (χ2n) is 5.30. The largest absolute Gasteiger partial charge is 0.496 e. The second kappa shape index (κ2) is 7.14. The quantitative estimate of drug-likeness (QED) is 0.883. The number of benzene rings is 2. The molecule has 3 nitrogen and oxygen atoms in total. The third kappa shape index (κ3) is 4.50. The van der Waals surface area contributed by atoms with Gasteiger partial charge in [0.1, 0.15) is 18.1 Å². The molecular formula is C18H22O3. The first-order valence-electron chi connectivity index (χ1n) is 7.12. The Morgan fingerprint density at radius 2 is 1.81 bits per heavy atom. The van der Waals surface area contributed by atoms with Crippen LogP contribution in [0.5, 0.6) is 11.5 Å². The lowest BCUT2D eigenvalue weighted by molar-refractivity contribution is 0.195. The van der Waals surface area contributed by atoms with Gasteiger partial charge in [0.05, 0.1) is 13.2 Å². The molecule has 1 atom stereocenters. The van der Waals surface area contributed by atoms with E-state index in [0.717, 1.165) is 22.6 Å². The lowest BCUT2D eigenvalue weighted by Gasteiger charge is -2.12. The van der Waals surface area contributed by atoms with Crippen LogP contribution in [0.2, 0.25) is 0 Å². The van der Waals surface area contributed by atoms with Crippen LogP contribution >= 0.6 is 0 Å². The van der Waals surface area contributed by atoms with Crippen molar-refractivity contribution in [1.82, 2.24) is 0 Å². The maximum Gasteiger partial charge on any atom is 0.125 e. The summed E-state index contributed by atoms with van der Waals surface area (Å²) in [4.78, 5) is 0. The summed E-state index contributed by atoms with van der Waals surface area (Å²) < 4.78 is 11.2. The highest BCUT2D eigenvalue weighted by molar-refractivity contribution is 5.37. The van der Waals surface area contributed by atoms with Crippen LogP contribution in [0.25, 0.3) is 0 Å². The number of rotatable bonds is 6. The monoisotopic (exact) mass is 286 g/mol. The Bertz CT molecular complexity index is 574. The summed E-state index contributed by atoms with van der Waals surface area (Å²) in [5.41, 5.74) is 3.32. The smallest absolute Gasteiger partial charge is 0.125 e. The maximum atomic E-state index is 9.37. The summed E-state index contributed by atoms with van der Waals surface area (Å²) in [6.07, 6.45) is 0.333. The lowest BCUT2D eigenvalue weighted by Crippen LogP contribution is -2.04. The summed E-state index contributed by atoms with van der Waals surface area (Å²) in [5.74, 6) is 1.65. The maximum absolute atomic E-state index is 9.37. The number of hydrogen-bond donors (Lipinski definition) is 1. The number of methoxy groups -OCH3 is 1. The van der Waals surface area contributed by atoms with Crippen molar-refractivity contribution in [2.75, 3.05) is 7.11 Å². The Balaban J connectivity index is 2.01. The molecule has 0 fully saturated rings. The normalized spacial score (nSPS) is 12.0. The first-order chi connectivity index (χ1) is 10.1. The van der Waals surface area contributed by atoms with E-state index in [2.05, 4.69) is 6.07 Å². The fraction of sp³-hybridized carbons (Fsp3) is 0.333. The molecule has 0 aliphatic carbocycles. The molecule has 0 amide bonds. The van der Waals surface area contributed by atoms with Gasteiger partial charge in [0.25, 0.3) is 0 Å². The van der Waals surface area contributed by atoms with Gasteiger partial charge in [-0.25, -0.2) is 0 Å². The molecule has 0 heterocycles. The van der Waals surface area contributed by atoms with Crippen LogP contribution in [0.1, 0.15) is 23.6 Å². The van der Waals surface area contributed by atoms with E-state index in [4.69, 9.17) is 9.47 Å². The number of aryl methyl sites for hydroxylation is 1. The third-order valence-corrected chi connectivity index (χ3v) is 3.28. The summed E-state index contributed by atoms with van der Waals surface area (Å²) in [5, 5.41) is 9.37. The van der Waals surface area contributed by atoms with Gasteiger partial charge >= 0.3 is 0 Å². The van der Waals surface area contributed by atoms with Crippen molar-refractivity contribution in [2.45, 2.75) is 33.0 Å². The number of aliphatic hydroxyl groups excluding tert-OH is 1. The summed E-state index contributed by atoms with van der Waals surface area (Å²) in [6.45, 7) is 4.31. The van der Waals surface area contributed by atoms with Gasteiger partial charge in [-0.1, -0.05) is 23.8 Å². The molecule has 0 aliphatic heterocycles. The molecule has 112 valence electrons. The molecule has 0 radical (unpaired) electrons. The summed E-state index contributed by atoms with van der Waals surface area (Å²) in [7, 11) is 1.67. The van der Waals surface area contributed by atoms with Crippen LogP contribution in [-0.2, 0) is 13.0 Å². The van der Waals surface area contributed by atoms with E-state index < -0.39 is 0 Å². The average Bonchev–Trinajstić information content (AvgIpc) is 2.46. The van der Waals surface area contributed by atoms with Crippen molar-refractivity contribution < 1.29 is 14.6 Å². The Hall–Kier alpha value is -2.00. The highest BCUT2D eigenvalue weighted by atomic mass is 16.5. The molecule has 0 bridgehead atoms. The topological polar surface area (TPSA) is 38.7 Å². The van der Waals surface area contributed by atoms with Crippen LogP contribution in [0.3, 0.4) is 0 Å². The zero-order valence-corrected chi connectivity index (χ0v) is 12.8. The molecule has 1 unspecified atom stereocenters. The first-order valence-corrected chi connectivity index (χ1v) is 7.12. The van der Waals surface area contributed by atoms with Crippen molar-refractivity contribution in [3.63, 3.8) is 0 Å². The molecule has 21 heavy (non-hydrogen) atoms. The van der Waals surface area contributed by atoms with Crippen LogP contribution in [0, 0.1) is 6.92 Å². The summed E-state index contributed by atoms with van der Waals surface area (Å²) in [6, 6.07) is 13.9. The molecule has 0 saturated carbocycles. The van der Waals surface area contributed by atoms with Gasteiger partial charge in [-0.05, 0) is 50.1 Å². The van der Waals surface area contributed by atoms with Crippen molar-refractivity contribution in [1.29, 1.82) is 0 Å². The summed E-state index contributed by atoms with van der Waals surface area (Å²) >= 11 is 0. The molecule has 0 saturated heterocycles. The minimum Gasteiger partial charge on any atom is -0.496 e. The van der Waals surface area contributed by atoms with Crippen molar-refractivity contribution in [2.24, 2.45) is 0 Å². The van der Waals surface area contributed by atoms with Gasteiger partial charge in [0, 0.05) is 5.56 Å². The molecular weight excluding hydrogens is 264 g/mol. The highest BCUT2D eigenvalue weighted by Crippen LogP contribution is 2.22. The van der Waals surface area contributed by atoms with E-state index >= 15 is 0 Å².